The van der Waals surface area contributed by atoms with Gasteiger partial charge in [-0.3, -0.25) is 9.59 Å². The van der Waals surface area contributed by atoms with Gasteiger partial charge in [0.05, 0.1) is 36.5 Å². The highest BCUT2D eigenvalue weighted by Gasteiger charge is 2.22. The molecule has 2 aromatic carbocycles. The van der Waals surface area contributed by atoms with Crippen molar-refractivity contribution in [3.05, 3.63) is 52.3 Å². The van der Waals surface area contributed by atoms with Crippen molar-refractivity contribution in [1.29, 1.82) is 0 Å². The van der Waals surface area contributed by atoms with E-state index < -0.39 is 53.6 Å². The number of amides is 2. The van der Waals surface area contributed by atoms with Gasteiger partial charge in [-0.05, 0) is 38.1 Å². The van der Waals surface area contributed by atoms with E-state index in [9.17, 15) is 27.6 Å². The van der Waals surface area contributed by atoms with Gasteiger partial charge in [0.1, 0.15) is 0 Å². The van der Waals surface area contributed by atoms with Crippen LogP contribution in [0.4, 0.5) is 18.9 Å². The number of hydrogen-bond donors (Lipinski definition) is 2. The van der Waals surface area contributed by atoms with Crippen LogP contribution in [0.3, 0.4) is 0 Å². The normalized spacial score (nSPS) is 11.4. The van der Waals surface area contributed by atoms with Crippen LogP contribution in [0.5, 0.6) is 11.5 Å². The molecule has 12 heteroatoms. The molecular formula is C21H20ClF3N2O6. The van der Waals surface area contributed by atoms with E-state index in [4.69, 9.17) is 25.8 Å². The van der Waals surface area contributed by atoms with E-state index in [0.717, 1.165) is 6.07 Å². The van der Waals surface area contributed by atoms with E-state index in [-0.39, 0.29) is 22.1 Å². The Hall–Kier alpha value is -3.47. The van der Waals surface area contributed by atoms with Crippen LogP contribution in [-0.4, -0.2) is 44.1 Å². The molecule has 1 unspecified atom stereocenters. The topological polar surface area (TPSA) is 103 Å². The van der Waals surface area contributed by atoms with Gasteiger partial charge in [0.15, 0.2) is 35.1 Å². The Morgan fingerprint density at radius 1 is 1.12 bits per heavy atom. The largest absolute Gasteiger partial charge is 0.493 e. The number of hydrogen-bond acceptors (Lipinski definition) is 6. The first kappa shape index (κ1) is 25.8. The molecule has 0 aromatic heterocycles. The molecule has 0 radical (unpaired) electrons. The Kier molecular flexibility index (Phi) is 8.92. The SMILES string of the molecule is CCOc1c(Cl)cc(C(=O)OC(C)C(=O)NCC(=O)Nc2ccc(F)c(F)c2F)cc1OC. The van der Waals surface area contributed by atoms with Crippen molar-refractivity contribution >= 4 is 35.1 Å². The van der Waals surface area contributed by atoms with Crippen LogP contribution in [0.1, 0.15) is 24.2 Å². The maximum absolute atomic E-state index is 13.6. The number of nitrogens with one attached hydrogen (secondary N) is 2. The molecule has 2 rings (SSSR count). The summed E-state index contributed by atoms with van der Waals surface area (Å²) in [6, 6.07) is 4.07. The number of carbonyl (C=O) groups is 3. The highest BCUT2D eigenvalue weighted by atomic mass is 35.5. The summed E-state index contributed by atoms with van der Waals surface area (Å²) < 4.78 is 55.3. The molecule has 0 fully saturated rings. The van der Waals surface area contributed by atoms with Crippen molar-refractivity contribution in [2.24, 2.45) is 0 Å². The van der Waals surface area contributed by atoms with E-state index in [1.807, 2.05) is 5.32 Å². The van der Waals surface area contributed by atoms with Crippen LogP contribution >= 0.6 is 11.6 Å². The fourth-order valence-corrected chi connectivity index (χ4v) is 2.80. The molecule has 2 amide bonds. The monoisotopic (exact) mass is 488 g/mol. The molecule has 0 heterocycles. The molecule has 0 saturated carbocycles. The van der Waals surface area contributed by atoms with Gasteiger partial charge >= 0.3 is 5.97 Å². The van der Waals surface area contributed by atoms with Gasteiger partial charge in [-0.15, -0.1) is 0 Å². The molecule has 2 N–H and O–H groups in total. The van der Waals surface area contributed by atoms with E-state index in [1.165, 1.54) is 26.2 Å². The molecule has 0 bridgehead atoms. The number of methoxy groups -OCH3 is 1. The fraction of sp³-hybridized carbons (Fsp3) is 0.286. The Labute approximate surface area is 191 Å². The fourth-order valence-electron chi connectivity index (χ4n) is 2.53. The zero-order valence-corrected chi connectivity index (χ0v) is 18.5. The zero-order chi connectivity index (χ0) is 24.7. The summed E-state index contributed by atoms with van der Waals surface area (Å²) in [5.74, 6) is -6.97. The second kappa shape index (κ2) is 11.4. The highest BCUT2D eigenvalue weighted by Crippen LogP contribution is 2.36. The standard InChI is InChI=1S/C21H20ClF3N2O6/c1-4-32-19-12(22)7-11(8-15(19)31-3)21(30)33-10(2)20(29)26-9-16(28)27-14-6-5-13(23)17(24)18(14)25/h5-8,10H,4,9H2,1-3H3,(H,26,29)(H,27,28). The minimum atomic E-state index is -1.75. The van der Waals surface area contributed by atoms with Gasteiger partial charge in [-0.1, -0.05) is 11.6 Å². The minimum Gasteiger partial charge on any atom is -0.493 e. The molecule has 0 spiro atoms. The molecule has 1 atom stereocenters. The van der Waals surface area contributed by atoms with Gasteiger partial charge in [0.25, 0.3) is 5.91 Å². The third-order valence-corrected chi connectivity index (χ3v) is 4.42. The van der Waals surface area contributed by atoms with Crippen molar-refractivity contribution in [2.75, 3.05) is 25.6 Å². The van der Waals surface area contributed by atoms with Crippen molar-refractivity contribution in [3.8, 4) is 11.5 Å². The smallest absolute Gasteiger partial charge is 0.339 e. The lowest BCUT2D eigenvalue weighted by Crippen LogP contribution is -2.40. The first-order valence-electron chi connectivity index (χ1n) is 9.51. The van der Waals surface area contributed by atoms with E-state index in [0.29, 0.717) is 12.7 Å². The van der Waals surface area contributed by atoms with Crippen molar-refractivity contribution in [2.45, 2.75) is 20.0 Å². The molecule has 178 valence electrons. The number of ether oxygens (including phenoxy) is 3. The molecule has 0 aliphatic heterocycles. The summed E-state index contributed by atoms with van der Waals surface area (Å²) >= 11 is 6.11. The summed E-state index contributed by atoms with van der Waals surface area (Å²) in [6.45, 7) is 2.66. The molecular weight excluding hydrogens is 469 g/mol. The lowest BCUT2D eigenvalue weighted by Gasteiger charge is -2.15. The van der Waals surface area contributed by atoms with Crippen molar-refractivity contribution in [1.82, 2.24) is 5.32 Å². The molecule has 2 aromatic rings. The van der Waals surface area contributed by atoms with E-state index >= 15 is 0 Å². The summed E-state index contributed by atoms with van der Waals surface area (Å²) in [6.07, 6.45) is -1.32. The number of anilines is 1. The summed E-state index contributed by atoms with van der Waals surface area (Å²) in [7, 11) is 1.36. The van der Waals surface area contributed by atoms with Crippen molar-refractivity contribution < 1.29 is 41.8 Å². The predicted molar refractivity (Wildman–Crippen MR) is 112 cm³/mol. The van der Waals surface area contributed by atoms with E-state index in [1.54, 1.807) is 6.92 Å². The van der Waals surface area contributed by atoms with Gasteiger partial charge in [-0.2, -0.15) is 0 Å². The molecule has 33 heavy (non-hydrogen) atoms. The Morgan fingerprint density at radius 2 is 1.82 bits per heavy atom. The number of rotatable bonds is 9. The van der Waals surface area contributed by atoms with Crippen LogP contribution in [-0.2, 0) is 14.3 Å². The number of carbonyl (C=O) groups excluding carboxylic acids is 3. The molecule has 0 aliphatic rings. The number of benzene rings is 2. The minimum absolute atomic E-state index is 0.00786. The Balaban J connectivity index is 1.95. The average Bonchev–Trinajstić information content (AvgIpc) is 2.78. The maximum Gasteiger partial charge on any atom is 0.339 e. The third-order valence-electron chi connectivity index (χ3n) is 4.14. The van der Waals surface area contributed by atoms with Crippen LogP contribution in [0.15, 0.2) is 24.3 Å². The first-order valence-corrected chi connectivity index (χ1v) is 9.89. The lowest BCUT2D eigenvalue weighted by molar-refractivity contribution is -0.130. The molecule has 0 saturated heterocycles. The first-order chi connectivity index (χ1) is 15.6. The van der Waals surface area contributed by atoms with Crippen LogP contribution in [0.25, 0.3) is 0 Å². The van der Waals surface area contributed by atoms with Gasteiger partial charge < -0.3 is 24.8 Å². The molecule has 8 nitrogen and oxygen atoms in total. The lowest BCUT2D eigenvalue weighted by atomic mass is 10.2. The summed E-state index contributed by atoms with van der Waals surface area (Å²) in [5, 5.41) is 4.26. The van der Waals surface area contributed by atoms with Crippen LogP contribution in [0.2, 0.25) is 5.02 Å². The third kappa shape index (κ3) is 6.51. The second-order valence-electron chi connectivity index (χ2n) is 6.46. The summed E-state index contributed by atoms with van der Waals surface area (Å²) in [4.78, 5) is 36.4. The Bertz CT molecular complexity index is 1070. The number of halogens is 4. The van der Waals surface area contributed by atoms with Crippen LogP contribution < -0.4 is 20.1 Å². The number of esters is 1. The molecule has 0 aliphatic carbocycles. The van der Waals surface area contributed by atoms with Gasteiger partial charge in [0.2, 0.25) is 5.91 Å². The second-order valence-corrected chi connectivity index (χ2v) is 6.87. The highest BCUT2D eigenvalue weighted by molar-refractivity contribution is 6.32. The maximum atomic E-state index is 13.6. The predicted octanol–water partition coefficient (Wildman–Crippen LogP) is 3.46. The average molecular weight is 489 g/mol. The quantitative estimate of drug-likeness (QED) is 0.414. The van der Waals surface area contributed by atoms with E-state index in [2.05, 4.69) is 5.32 Å². The van der Waals surface area contributed by atoms with Crippen molar-refractivity contribution in [3.63, 3.8) is 0 Å². The van der Waals surface area contributed by atoms with Crippen LogP contribution in [0, 0.1) is 17.5 Å². The Morgan fingerprint density at radius 3 is 2.45 bits per heavy atom. The van der Waals surface area contributed by atoms with Gasteiger partial charge in [0, 0.05) is 0 Å². The zero-order valence-electron chi connectivity index (χ0n) is 17.8. The summed E-state index contributed by atoms with van der Waals surface area (Å²) in [5.41, 5.74) is -0.611. The van der Waals surface area contributed by atoms with Gasteiger partial charge in [-0.25, -0.2) is 18.0 Å².